The topological polar surface area (TPSA) is 0 Å². The number of thioether (sulfide) groups is 2. The summed E-state index contributed by atoms with van der Waals surface area (Å²) in [6, 6.07) is 0. The number of hydrogen-bond acceptors (Lipinski definition) is 2. The van der Waals surface area contributed by atoms with Crippen LogP contribution >= 0.6 is 23.5 Å². The maximum atomic E-state index is 2.26. The summed E-state index contributed by atoms with van der Waals surface area (Å²) in [7, 11) is 0. The smallest absolute Gasteiger partial charge is 0.0537 e. The minimum Gasteiger partial charge on any atom is -0.146 e. The van der Waals surface area contributed by atoms with Gasteiger partial charge < -0.3 is 0 Å². The zero-order valence-electron chi connectivity index (χ0n) is 5.67. The van der Waals surface area contributed by atoms with Crippen molar-refractivity contribution in [2.75, 3.05) is 11.5 Å². The molecule has 0 atom stereocenters. The van der Waals surface area contributed by atoms with Gasteiger partial charge in [-0.2, -0.15) is 0 Å². The molecule has 1 aliphatic heterocycles. The van der Waals surface area contributed by atoms with Crippen molar-refractivity contribution in [2.45, 2.75) is 17.9 Å². The lowest BCUT2D eigenvalue weighted by molar-refractivity contribution is 1.18. The van der Waals surface area contributed by atoms with E-state index in [9.17, 15) is 0 Å². The first-order chi connectivity index (χ1) is 4.43. The Labute approximate surface area is 65.5 Å². The lowest BCUT2D eigenvalue weighted by atomic mass is 10.4. The van der Waals surface area contributed by atoms with E-state index in [4.69, 9.17) is 0 Å². The van der Waals surface area contributed by atoms with Crippen molar-refractivity contribution in [3.63, 3.8) is 0 Å². The highest BCUT2D eigenvalue weighted by molar-refractivity contribution is 8.20. The summed E-state index contributed by atoms with van der Waals surface area (Å²) in [5.41, 5.74) is 0. The molecule has 0 radical (unpaired) electrons. The van der Waals surface area contributed by atoms with Gasteiger partial charge in [0.05, 0.1) is 4.58 Å². The molecular formula is C7H12S2. The summed E-state index contributed by atoms with van der Waals surface area (Å²) >= 11 is 4.19. The average molecular weight is 160 g/mol. The minimum absolute atomic E-state index is 0.862. The van der Waals surface area contributed by atoms with E-state index in [1.165, 1.54) is 17.9 Å². The van der Waals surface area contributed by atoms with Crippen LogP contribution in [0.4, 0.5) is 0 Å². The molecule has 0 spiro atoms. The van der Waals surface area contributed by atoms with E-state index in [2.05, 4.69) is 42.6 Å². The maximum Gasteiger partial charge on any atom is 0.0537 e. The largest absolute Gasteiger partial charge is 0.146 e. The van der Waals surface area contributed by atoms with Gasteiger partial charge in [0.25, 0.3) is 0 Å². The summed E-state index contributed by atoms with van der Waals surface area (Å²) in [6.45, 7) is 2.09. The van der Waals surface area contributed by atoms with E-state index in [1.54, 1.807) is 0 Å². The molecule has 52 valence electrons. The fraction of sp³-hybridized carbons (Fsp3) is 0.714. The Bertz CT molecular complexity index is 93.1. The molecule has 2 heteroatoms. The van der Waals surface area contributed by atoms with Crippen LogP contribution in [0.1, 0.15) is 13.3 Å². The summed E-state index contributed by atoms with van der Waals surface area (Å²) < 4.78 is 0.862. The molecule has 1 heterocycles. The molecule has 0 aromatic carbocycles. The molecule has 0 amide bonds. The van der Waals surface area contributed by atoms with Gasteiger partial charge in [0.2, 0.25) is 0 Å². The van der Waals surface area contributed by atoms with Crippen LogP contribution in [0.25, 0.3) is 0 Å². The monoisotopic (exact) mass is 160 g/mol. The Balaban J connectivity index is 2.11. The molecule has 1 aliphatic rings. The standard InChI is InChI=1S/C7H12S2/c1-2-3-4-7-8-5-6-9-7/h2-3,7H,4-6H2,1H3/b3-2+. The molecule has 0 N–H and O–H groups in total. The Morgan fingerprint density at radius 1 is 1.44 bits per heavy atom. The number of rotatable bonds is 2. The van der Waals surface area contributed by atoms with E-state index >= 15 is 0 Å². The van der Waals surface area contributed by atoms with Crippen LogP contribution in [-0.2, 0) is 0 Å². The van der Waals surface area contributed by atoms with E-state index < -0.39 is 0 Å². The van der Waals surface area contributed by atoms with Gasteiger partial charge in [0, 0.05) is 11.5 Å². The van der Waals surface area contributed by atoms with Crippen LogP contribution < -0.4 is 0 Å². The molecule has 9 heavy (non-hydrogen) atoms. The third-order valence-electron chi connectivity index (χ3n) is 1.26. The molecular weight excluding hydrogens is 148 g/mol. The van der Waals surface area contributed by atoms with Gasteiger partial charge in [-0.1, -0.05) is 12.2 Å². The second kappa shape index (κ2) is 4.29. The van der Waals surface area contributed by atoms with Gasteiger partial charge in [0.15, 0.2) is 0 Å². The summed E-state index contributed by atoms with van der Waals surface area (Å²) in [4.78, 5) is 0. The molecule has 0 nitrogen and oxygen atoms in total. The zero-order valence-corrected chi connectivity index (χ0v) is 7.30. The second-order valence-corrected chi connectivity index (χ2v) is 4.90. The highest BCUT2D eigenvalue weighted by Gasteiger charge is 2.13. The molecule has 0 bridgehead atoms. The van der Waals surface area contributed by atoms with E-state index in [0.717, 1.165) is 4.58 Å². The molecule has 1 fully saturated rings. The molecule has 0 unspecified atom stereocenters. The highest BCUT2D eigenvalue weighted by atomic mass is 32.2. The van der Waals surface area contributed by atoms with Crippen LogP contribution in [0.3, 0.4) is 0 Å². The molecule has 0 saturated carbocycles. The third-order valence-corrected chi connectivity index (χ3v) is 4.34. The van der Waals surface area contributed by atoms with Gasteiger partial charge >= 0.3 is 0 Å². The first-order valence-corrected chi connectivity index (χ1v) is 5.37. The van der Waals surface area contributed by atoms with E-state index in [0.29, 0.717) is 0 Å². The normalized spacial score (nSPS) is 21.9. The molecule has 1 rings (SSSR count). The van der Waals surface area contributed by atoms with E-state index in [-0.39, 0.29) is 0 Å². The first kappa shape index (κ1) is 7.55. The highest BCUT2D eigenvalue weighted by Crippen LogP contribution is 2.34. The fourth-order valence-corrected chi connectivity index (χ4v) is 3.54. The van der Waals surface area contributed by atoms with Crippen LogP contribution in [-0.4, -0.2) is 16.1 Å². The summed E-state index contributed by atoms with van der Waals surface area (Å²) in [5, 5.41) is 0. The number of allylic oxidation sites excluding steroid dienone is 2. The van der Waals surface area contributed by atoms with Crippen molar-refractivity contribution < 1.29 is 0 Å². The molecule has 0 aromatic heterocycles. The lowest BCUT2D eigenvalue weighted by Gasteiger charge is -2.00. The summed E-state index contributed by atoms with van der Waals surface area (Å²) in [6.07, 6.45) is 5.65. The fourth-order valence-electron chi connectivity index (χ4n) is 0.791. The van der Waals surface area contributed by atoms with Gasteiger partial charge in [-0.15, -0.1) is 23.5 Å². The van der Waals surface area contributed by atoms with Gasteiger partial charge in [-0.3, -0.25) is 0 Å². The van der Waals surface area contributed by atoms with Crippen LogP contribution in [0, 0.1) is 0 Å². The van der Waals surface area contributed by atoms with Crippen molar-refractivity contribution in [3.8, 4) is 0 Å². The predicted octanol–water partition coefficient (Wildman–Crippen LogP) is 2.76. The van der Waals surface area contributed by atoms with Gasteiger partial charge in [-0.25, -0.2) is 0 Å². The average Bonchev–Trinajstić information content (AvgIpc) is 2.34. The van der Waals surface area contributed by atoms with Crippen molar-refractivity contribution in [1.82, 2.24) is 0 Å². The van der Waals surface area contributed by atoms with Gasteiger partial charge in [-0.05, 0) is 13.3 Å². The Kier molecular flexibility index (Phi) is 3.59. The predicted molar refractivity (Wildman–Crippen MR) is 48.1 cm³/mol. The molecule has 0 aliphatic carbocycles. The van der Waals surface area contributed by atoms with Crippen LogP contribution in [0.15, 0.2) is 12.2 Å². The van der Waals surface area contributed by atoms with Crippen molar-refractivity contribution >= 4 is 23.5 Å². The van der Waals surface area contributed by atoms with Gasteiger partial charge in [0.1, 0.15) is 0 Å². The molecule has 1 saturated heterocycles. The van der Waals surface area contributed by atoms with Crippen LogP contribution in [0.5, 0.6) is 0 Å². The van der Waals surface area contributed by atoms with E-state index in [1.807, 2.05) is 0 Å². The Hall–Kier alpha value is 0.440. The third kappa shape index (κ3) is 2.67. The van der Waals surface area contributed by atoms with Crippen LogP contribution in [0.2, 0.25) is 0 Å². The Morgan fingerprint density at radius 2 is 2.11 bits per heavy atom. The maximum absolute atomic E-state index is 2.26. The molecule has 0 aromatic rings. The Morgan fingerprint density at radius 3 is 2.67 bits per heavy atom. The minimum atomic E-state index is 0.862. The second-order valence-electron chi connectivity index (χ2n) is 1.98. The van der Waals surface area contributed by atoms with Crippen molar-refractivity contribution in [1.29, 1.82) is 0 Å². The first-order valence-electron chi connectivity index (χ1n) is 3.28. The summed E-state index contributed by atoms with van der Waals surface area (Å²) in [5.74, 6) is 2.71. The SMILES string of the molecule is C/C=C/CC1SCCS1. The number of hydrogen-bond donors (Lipinski definition) is 0. The van der Waals surface area contributed by atoms with Crippen molar-refractivity contribution in [3.05, 3.63) is 12.2 Å². The van der Waals surface area contributed by atoms with Crippen molar-refractivity contribution in [2.24, 2.45) is 0 Å². The zero-order chi connectivity index (χ0) is 6.53. The quantitative estimate of drug-likeness (QED) is 0.570. The lowest BCUT2D eigenvalue weighted by Crippen LogP contribution is -1.86.